The van der Waals surface area contributed by atoms with Gasteiger partial charge in [0.15, 0.2) is 11.5 Å². The van der Waals surface area contributed by atoms with Crippen molar-refractivity contribution in [1.82, 2.24) is 14.2 Å². The topological polar surface area (TPSA) is 109 Å². The van der Waals surface area contributed by atoms with Gasteiger partial charge < -0.3 is 19.4 Å². The predicted molar refractivity (Wildman–Crippen MR) is 99.2 cm³/mol. The van der Waals surface area contributed by atoms with Gasteiger partial charge in [-0.1, -0.05) is 0 Å². The van der Waals surface area contributed by atoms with E-state index < -0.39 is 10.0 Å². The van der Waals surface area contributed by atoms with Gasteiger partial charge in [-0.3, -0.25) is 9.59 Å². The molecule has 9 nitrogen and oxygen atoms in total. The molecule has 2 aliphatic rings. The summed E-state index contributed by atoms with van der Waals surface area (Å²) in [7, 11) is -3.70. The van der Waals surface area contributed by atoms with Crippen LogP contribution in [0.1, 0.15) is 10.4 Å². The average molecular weight is 405 g/mol. The van der Waals surface area contributed by atoms with Gasteiger partial charge >= 0.3 is 0 Å². The zero-order chi connectivity index (χ0) is 19.7. The number of H-pyrrole nitrogens is 1. The normalized spacial score (nSPS) is 17.4. The molecule has 4 rings (SSSR count). The van der Waals surface area contributed by atoms with E-state index in [1.165, 1.54) is 34.8 Å². The number of sulfonamides is 1. The third-order valence-electron chi connectivity index (χ3n) is 4.71. The highest BCUT2D eigenvalue weighted by atomic mass is 32.2. The number of aromatic nitrogens is 1. The smallest absolute Gasteiger partial charge is 0.255 e. The molecule has 28 heavy (non-hydrogen) atoms. The summed E-state index contributed by atoms with van der Waals surface area (Å²) < 4.78 is 38.1. The molecule has 2 aromatic rings. The molecule has 0 unspecified atom stereocenters. The summed E-state index contributed by atoms with van der Waals surface area (Å²) in [5.74, 6) is 0.702. The van der Waals surface area contributed by atoms with Crippen molar-refractivity contribution >= 4 is 15.9 Å². The van der Waals surface area contributed by atoms with E-state index in [9.17, 15) is 18.0 Å². The molecule has 0 saturated carbocycles. The summed E-state index contributed by atoms with van der Waals surface area (Å²) >= 11 is 0. The second-order valence-corrected chi connectivity index (χ2v) is 8.38. The van der Waals surface area contributed by atoms with Crippen molar-refractivity contribution in [3.63, 3.8) is 0 Å². The molecule has 0 radical (unpaired) electrons. The third kappa shape index (κ3) is 3.48. The van der Waals surface area contributed by atoms with Crippen LogP contribution in [0.15, 0.2) is 46.2 Å². The molecular formula is C18H19N3O6S. The highest BCUT2D eigenvalue weighted by Gasteiger charge is 2.31. The van der Waals surface area contributed by atoms with Gasteiger partial charge in [0.2, 0.25) is 15.6 Å². The molecule has 10 heteroatoms. The van der Waals surface area contributed by atoms with E-state index >= 15 is 0 Å². The Kier molecular flexibility index (Phi) is 4.82. The lowest BCUT2D eigenvalue weighted by molar-refractivity contribution is 0.0697. The summed E-state index contributed by atoms with van der Waals surface area (Å²) in [5, 5.41) is 0. The van der Waals surface area contributed by atoms with Crippen molar-refractivity contribution in [3.8, 4) is 11.5 Å². The predicted octanol–water partition coefficient (Wildman–Crippen LogP) is 0.293. The molecule has 148 valence electrons. The van der Waals surface area contributed by atoms with Gasteiger partial charge in [0, 0.05) is 44.5 Å². The minimum atomic E-state index is -3.70. The Morgan fingerprint density at radius 1 is 0.964 bits per heavy atom. The number of amides is 1. The number of nitrogens with one attached hydrogen (secondary N) is 1. The number of pyridine rings is 1. The summed E-state index contributed by atoms with van der Waals surface area (Å²) in [5.41, 5.74) is 0.0784. The van der Waals surface area contributed by atoms with Crippen LogP contribution in [0.25, 0.3) is 0 Å². The van der Waals surface area contributed by atoms with Gasteiger partial charge in [0.25, 0.3) is 5.91 Å². The molecule has 1 saturated heterocycles. The Hall–Kier alpha value is -2.85. The minimum absolute atomic E-state index is 0.136. The van der Waals surface area contributed by atoms with E-state index in [1.807, 2.05) is 0 Å². The summed E-state index contributed by atoms with van der Waals surface area (Å²) in [6, 6.07) is 7.31. The largest absolute Gasteiger partial charge is 0.486 e. The Morgan fingerprint density at radius 3 is 2.36 bits per heavy atom. The lowest BCUT2D eigenvalue weighted by Crippen LogP contribution is -2.50. The van der Waals surface area contributed by atoms with Crippen molar-refractivity contribution in [1.29, 1.82) is 0 Å². The van der Waals surface area contributed by atoms with Crippen molar-refractivity contribution < 1.29 is 22.7 Å². The Bertz CT molecular complexity index is 1040. The molecule has 1 fully saturated rings. The first kappa shape index (κ1) is 18.5. The fraction of sp³-hybridized carbons (Fsp3) is 0.333. The first-order valence-corrected chi connectivity index (χ1v) is 10.3. The molecule has 0 atom stereocenters. The molecular weight excluding hydrogens is 386 g/mol. The van der Waals surface area contributed by atoms with E-state index in [4.69, 9.17) is 9.47 Å². The zero-order valence-electron chi connectivity index (χ0n) is 15.0. The monoisotopic (exact) mass is 405 g/mol. The van der Waals surface area contributed by atoms with Crippen LogP contribution in [-0.4, -0.2) is 67.9 Å². The highest BCUT2D eigenvalue weighted by Crippen LogP contribution is 2.33. The van der Waals surface area contributed by atoms with E-state index in [2.05, 4.69) is 4.98 Å². The Balaban J connectivity index is 1.46. The van der Waals surface area contributed by atoms with Crippen molar-refractivity contribution in [3.05, 3.63) is 52.4 Å². The number of hydrogen-bond donors (Lipinski definition) is 1. The zero-order valence-corrected chi connectivity index (χ0v) is 15.8. The van der Waals surface area contributed by atoms with Gasteiger partial charge in [-0.25, -0.2) is 8.42 Å². The third-order valence-corrected chi connectivity index (χ3v) is 6.60. The summed E-state index contributed by atoms with van der Waals surface area (Å²) in [4.78, 5) is 27.8. The molecule has 1 aromatic carbocycles. The van der Waals surface area contributed by atoms with Gasteiger partial charge in [-0.15, -0.1) is 0 Å². The second kappa shape index (κ2) is 7.28. The number of piperazine rings is 1. The molecule has 0 bridgehead atoms. The van der Waals surface area contributed by atoms with Crippen LogP contribution in [0.3, 0.4) is 0 Å². The van der Waals surface area contributed by atoms with Crippen LogP contribution in [-0.2, 0) is 10.0 Å². The molecule has 1 aromatic heterocycles. The van der Waals surface area contributed by atoms with E-state index in [0.717, 1.165) is 0 Å². The van der Waals surface area contributed by atoms with E-state index in [1.54, 1.807) is 11.0 Å². The lowest BCUT2D eigenvalue weighted by Gasteiger charge is -2.34. The minimum Gasteiger partial charge on any atom is -0.486 e. The second-order valence-electron chi connectivity index (χ2n) is 6.44. The van der Waals surface area contributed by atoms with Crippen molar-refractivity contribution in [2.75, 3.05) is 39.4 Å². The maximum absolute atomic E-state index is 12.9. The van der Waals surface area contributed by atoms with E-state index in [-0.39, 0.29) is 42.5 Å². The fourth-order valence-electron chi connectivity index (χ4n) is 3.19. The number of benzene rings is 1. The summed E-state index contributed by atoms with van der Waals surface area (Å²) in [6.07, 6.45) is 1.36. The van der Waals surface area contributed by atoms with Gasteiger partial charge in [-0.05, 0) is 18.2 Å². The van der Waals surface area contributed by atoms with Crippen LogP contribution in [0, 0.1) is 0 Å². The van der Waals surface area contributed by atoms with Crippen LogP contribution in [0.4, 0.5) is 0 Å². The van der Waals surface area contributed by atoms with Gasteiger partial charge in [-0.2, -0.15) is 4.31 Å². The number of nitrogens with zero attached hydrogens (tertiary/aromatic N) is 2. The molecule has 1 amide bonds. The number of rotatable bonds is 3. The van der Waals surface area contributed by atoms with Gasteiger partial charge in [0.05, 0.1) is 10.5 Å². The summed E-state index contributed by atoms with van der Waals surface area (Å²) in [6.45, 7) is 1.72. The number of fused-ring (bicyclic) bond motifs is 1. The number of carbonyl (C=O) groups is 1. The number of ether oxygens (including phenoxy) is 2. The van der Waals surface area contributed by atoms with Crippen molar-refractivity contribution in [2.24, 2.45) is 0 Å². The number of hydrogen-bond acceptors (Lipinski definition) is 6. The average Bonchev–Trinajstić information content (AvgIpc) is 2.73. The first-order chi connectivity index (χ1) is 13.4. The van der Waals surface area contributed by atoms with Crippen LogP contribution < -0.4 is 15.0 Å². The SMILES string of the molecule is O=C(c1ccc(=O)[nH]c1)N1CCN(S(=O)(=O)c2ccc3c(c2)OCCO3)CC1. The highest BCUT2D eigenvalue weighted by molar-refractivity contribution is 7.89. The molecule has 1 N–H and O–H groups in total. The standard InChI is InChI=1S/C18H19N3O6S/c22-17-4-1-13(12-19-17)18(23)20-5-7-21(8-6-20)28(24,25)14-2-3-15-16(11-14)27-10-9-26-15/h1-4,11-12H,5-10H2,(H,19,22). The lowest BCUT2D eigenvalue weighted by atomic mass is 10.2. The number of carbonyl (C=O) groups excluding carboxylic acids is 1. The van der Waals surface area contributed by atoms with Crippen LogP contribution in [0.5, 0.6) is 11.5 Å². The number of aromatic amines is 1. The fourth-order valence-corrected chi connectivity index (χ4v) is 4.63. The molecule has 2 aliphatic heterocycles. The van der Waals surface area contributed by atoms with Crippen LogP contribution in [0.2, 0.25) is 0 Å². The Morgan fingerprint density at radius 2 is 1.68 bits per heavy atom. The van der Waals surface area contributed by atoms with Gasteiger partial charge in [0.1, 0.15) is 13.2 Å². The maximum Gasteiger partial charge on any atom is 0.255 e. The molecule has 3 heterocycles. The first-order valence-electron chi connectivity index (χ1n) is 8.83. The quantitative estimate of drug-likeness (QED) is 0.786. The molecule has 0 aliphatic carbocycles. The molecule has 0 spiro atoms. The van der Waals surface area contributed by atoms with E-state index in [0.29, 0.717) is 30.3 Å². The van der Waals surface area contributed by atoms with Crippen LogP contribution >= 0.6 is 0 Å². The Labute approximate surface area is 161 Å². The maximum atomic E-state index is 12.9. The van der Waals surface area contributed by atoms with Crippen molar-refractivity contribution in [2.45, 2.75) is 4.90 Å².